The monoisotopic (exact) mass is 892 g/mol. The molecule has 0 saturated carbocycles. The van der Waals surface area contributed by atoms with Crippen molar-refractivity contribution in [2.75, 3.05) is 53.5 Å². The average molecular weight is 893 g/mol. The number of likely N-dealkylation sites (N-methyl/N-ethyl adjacent to an activating group) is 1. The topological polar surface area (TPSA) is 152 Å². The van der Waals surface area contributed by atoms with Crippen LogP contribution in [0.2, 0.25) is 5.02 Å². The molecule has 2 unspecified atom stereocenters. The molecule has 2 aliphatic rings. The Hall–Kier alpha value is -6.00. The first-order valence-electron chi connectivity index (χ1n) is 20.5. The third-order valence-electron chi connectivity index (χ3n) is 11.3. The van der Waals surface area contributed by atoms with E-state index in [1.54, 1.807) is 60.8 Å². The number of phenolic OH excluding ortho intramolecular Hbond substituents is 1. The Bertz CT molecular complexity index is 2580. The molecular formula is C47H46ClFN6O7S. The second-order valence-corrected chi connectivity index (χ2v) is 16.8. The summed E-state index contributed by atoms with van der Waals surface area (Å²) in [4.78, 5) is 35.9. The molecule has 6 aromatic rings. The van der Waals surface area contributed by atoms with Crippen molar-refractivity contribution in [3.63, 3.8) is 0 Å². The summed E-state index contributed by atoms with van der Waals surface area (Å²) in [6, 6.07) is 24.0. The molecule has 2 N–H and O–H groups in total. The molecule has 1 saturated heterocycles. The van der Waals surface area contributed by atoms with E-state index in [-0.39, 0.29) is 41.5 Å². The number of hydrogen-bond donors (Lipinski definition) is 2. The fourth-order valence-electron chi connectivity index (χ4n) is 7.87. The van der Waals surface area contributed by atoms with E-state index in [2.05, 4.69) is 36.8 Å². The molecule has 0 spiro atoms. The molecule has 0 aliphatic carbocycles. The maximum atomic E-state index is 14.2. The minimum absolute atomic E-state index is 0.0375. The second kappa shape index (κ2) is 19.6. The Morgan fingerprint density at radius 2 is 1.75 bits per heavy atom. The molecule has 16 heteroatoms. The van der Waals surface area contributed by atoms with Gasteiger partial charge in [0.05, 0.1) is 29.0 Å². The lowest BCUT2D eigenvalue weighted by Gasteiger charge is -2.32. The number of aromatic nitrogens is 4. The summed E-state index contributed by atoms with van der Waals surface area (Å²) >= 11 is 8.55. The highest BCUT2D eigenvalue weighted by Crippen LogP contribution is 2.59. The van der Waals surface area contributed by atoms with Gasteiger partial charge in [0.25, 0.3) is 0 Å². The number of ether oxygens (including phenoxy) is 4. The molecule has 63 heavy (non-hydrogen) atoms. The smallest absolute Gasteiger partial charge is 0.345 e. The molecule has 326 valence electrons. The number of carboxylic acid groups (broad SMARTS) is 1. The Morgan fingerprint density at radius 3 is 2.52 bits per heavy atom. The van der Waals surface area contributed by atoms with E-state index in [1.165, 1.54) is 43.4 Å². The van der Waals surface area contributed by atoms with Gasteiger partial charge in [-0.1, -0.05) is 65.8 Å². The van der Waals surface area contributed by atoms with Crippen LogP contribution in [-0.4, -0.2) is 106 Å². The fraction of sp³-hybridized carbons (Fsp3) is 0.298. The lowest BCUT2D eigenvalue weighted by atomic mass is 9.84. The molecule has 8 rings (SSSR count). The van der Waals surface area contributed by atoms with E-state index in [0.717, 1.165) is 49.4 Å². The summed E-state index contributed by atoms with van der Waals surface area (Å²) in [6.45, 7) is 7.23. The summed E-state index contributed by atoms with van der Waals surface area (Å²) in [5, 5.41) is 21.7. The number of carboxylic acids is 1. The zero-order valence-corrected chi connectivity index (χ0v) is 36.5. The molecule has 13 nitrogen and oxygen atoms in total. The van der Waals surface area contributed by atoms with Gasteiger partial charge >= 0.3 is 5.97 Å². The number of hydrogen-bond acceptors (Lipinski definition) is 13. The van der Waals surface area contributed by atoms with E-state index in [1.807, 2.05) is 19.1 Å². The Balaban J connectivity index is 1.05. The zero-order valence-electron chi connectivity index (χ0n) is 34.9. The van der Waals surface area contributed by atoms with Crippen LogP contribution in [0.1, 0.15) is 44.7 Å². The van der Waals surface area contributed by atoms with Crippen molar-refractivity contribution in [1.29, 1.82) is 0 Å². The van der Waals surface area contributed by atoms with Gasteiger partial charge in [0.2, 0.25) is 12.0 Å². The summed E-state index contributed by atoms with van der Waals surface area (Å²) in [7, 11) is 3.58. The van der Waals surface area contributed by atoms with Crippen LogP contribution in [0, 0.1) is 12.7 Å². The van der Waals surface area contributed by atoms with Gasteiger partial charge < -0.3 is 34.1 Å². The van der Waals surface area contributed by atoms with Crippen LogP contribution in [0.4, 0.5) is 4.39 Å². The average Bonchev–Trinajstić information content (AvgIpc) is 3.68. The van der Waals surface area contributed by atoms with Gasteiger partial charge in [-0.3, -0.25) is 4.90 Å². The number of rotatable bonds is 16. The van der Waals surface area contributed by atoms with E-state index < -0.39 is 18.0 Å². The summed E-state index contributed by atoms with van der Waals surface area (Å²) in [5.74, 6) is -0.335. The third kappa shape index (κ3) is 9.81. The van der Waals surface area contributed by atoms with Crippen molar-refractivity contribution in [2.24, 2.45) is 0 Å². The van der Waals surface area contributed by atoms with Gasteiger partial charge in [0.15, 0.2) is 17.3 Å². The summed E-state index contributed by atoms with van der Waals surface area (Å²) in [6.07, 6.45) is 1.50. The van der Waals surface area contributed by atoms with Gasteiger partial charge in [0, 0.05) is 56.5 Å². The number of thioether (sulfide) groups is 1. The Kier molecular flexibility index (Phi) is 13.6. The molecule has 4 aromatic carbocycles. The molecule has 0 bridgehead atoms. The normalized spacial score (nSPS) is 16.9. The lowest BCUT2D eigenvalue weighted by molar-refractivity contribution is -0.145. The highest BCUT2D eigenvalue weighted by Gasteiger charge is 2.42. The van der Waals surface area contributed by atoms with Crippen LogP contribution in [0.3, 0.4) is 0 Å². The number of fused-ring (bicyclic) bond motifs is 1. The second-order valence-electron chi connectivity index (χ2n) is 15.3. The number of aliphatic carboxylic acids is 1. The van der Waals surface area contributed by atoms with Gasteiger partial charge in [-0.15, -0.1) is 0 Å². The van der Waals surface area contributed by atoms with Crippen molar-refractivity contribution in [3.05, 3.63) is 142 Å². The van der Waals surface area contributed by atoms with Crippen molar-refractivity contribution in [3.8, 4) is 40.3 Å². The number of benzene rings is 4. The number of nitrogens with zero attached hydrogens (tertiary/aromatic N) is 6. The lowest BCUT2D eigenvalue weighted by Crippen LogP contribution is -2.45. The quantitative estimate of drug-likeness (QED) is 0.0903. The molecule has 0 amide bonds. The largest absolute Gasteiger partial charge is 0.504 e. The van der Waals surface area contributed by atoms with Crippen LogP contribution in [-0.2, 0) is 17.8 Å². The molecule has 1 fully saturated rings. The van der Waals surface area contributed by atoms with Gasteiger partial charge in [0.1, 0.15) is 41.9 Å². The molecule has 0 radical (unpaired) electrons. The number of piperazine rings is 1. The minimum atomic E-state index is -1.38. The van der Waals surface area contributed by atoms with Gasteiger partial charge in [-0.25, -0.2) is 29.1 Å². The Labute approximate surface area is 373 Å². The number of para-hydroxylation sites is 2. The first-order valence-corrected chi connectivity index (χ1v) is 21.7. The van der Waals surface area contributed by atoms with Crippen LogP contribution in [0.25, 0.3) is 11.4 Å². The molecule has 3 atom stereocenters. The molecule has 2 aromatic heterocycles. The molecule has 4 heterocycles. The SMILES string of the molecule is COc1c(O)cccc1-c1nccc(COc2ccccc2C[C@@H](Oc2ncnc3c2C(c2ccc(OCCN4CCN(C)CC4)c(Cl)c2C)C(c2ccc(F)cc2)S3)C(=O)O)n1. The maximum Gasteiger partial charge on any atom is 0.345 e. The van der Waals surface area contributed by atoms with Crippen molar-refractivity contribution in [2.45, 2.75) is 42.2 Å². The van der Waals surface area contributed by atoms with Crippen LogP contribution >= 0.6 is 23.4 Å². The Morgan fingerprint density at radius 1 is 0.952 bits per heavy atom. The fourth-order valence-corrected chi connectivity index (χ4v) is 9.50. The van der Waals surface area contributed by atoms with E-state index in [4.69, 9.17) is 30.5 Å². The summed E-state index contributed by atoms with van der Waals surface area (Å²) in [5.41, 5.74) is 4.73. The number of carbonyl (C=O) groups is 1. The number of halogens is 2. The first-order chi connectivity index (χ1) is 30.6. The number of phenols is 1. The highest BCUT2D eigenvalue weighted by molar-refractivity contribution is 7.99. The predicted molar refractivity (Wildman–Crippen MR) is 237 cm³/mol. The molecular weight excluding hydrogens is 847 g/mol. The number of methoxy groups -OCH3 is 1. The van der Waals surface area contributed by atoms with Gasteiger partial charge in [-0.2, -0.15) is 0 Å². The van der Waals surface area contributed by atoms with Crippen LogP contribution < -0.4 is 18.9 Å². The van der Waals surface area contributed by atoms with E-state index >= 15 is 0 Å². The van der Waals surface area contributed by atoms with Crippen molar-refractivity contribution in [1.82, 2.24) is 29.7 Å². The minimum Gasteiger partial charge on any atom is -0.504 e. The maximum absolute atomic E-state index is 14.2. The van der Waals surface area contributed by atoms with Crippen LogP contribution in [0.5, 0.6) is 28.9 Å². The third-order valence-corrected chi connectivity index (χ3v) is 13.1. The van der Waals surface area contributed by atoms with Crippen LogP contribution in [0.15, 0.2) is 102 Å². The van der Waals surface area contributed by atoms with Crippen molar-refractivity contribution < 1.29 is 38.3 Å². The first kappa shape index (κ1) is 43.6. The zero-order chi connectivity index (χ0) is 44.0. The predicted octanol–water partition coefficient (Wildman–Crippen LogP) is 8.01. The van der Waals surface area contributed by atoms with Crippen molar-refractivity contribution >= 4 is 29.3 Å². The highest BCUT2D eigenvalue weighted by atomic mass is 35.5. The van der Waals surface area contributed by atoms with E-state index in [0.29, 0.717) is 56.4 Å². The number of aromatic hydroxyl groups is 1. The van der Waals surface area contributed by atoms with E-state index in [9.17, 15) is 19.4 Å². The van der Waals surface area contributed by atoms with Gasteiger partial charge in [-0.05, 0) is 78.7 Å². The molecule has 2 aliphatic heterocycles. The summed E-state index contributed by atoms with van der Waals surface area (Å²) < 4.78 is 38.5. The standard InChI is InChI=1S/C47H46ClFN6O7S/c1-28-33(15-16-37(41(28)48)60-24-23-55-21-19-54(2)20-22-55)39-40-45(51-27-52-46(40)63-43(39)29-11-13-31(49)14-12-29)62-38(47(57)58)25-30-7-4-5-10-36(30)61-26-32-17-18-50-44(53-32)34-8-6-9-35(56)42(34)59-3/h4-18,27,38-39,43,56H,19-26H2,1-3H3,(H,57,58)/t38-,39?,43?/m1/s1.